The van der Waals surface area contributed by atoms with Crippen molar-refractivity contribution in [2.45, 2.75) is 26.1 Å². The molecule has 2 rings (SSSR count). The van der Waals surface area contributed by atoms with E-state index in [1.165, 1.54) is 0 Å². The molecule has 1 N–H and O–H groups in total. The standard InChI is InChI=1S/C10H18N4O2/c1-2-14-10(11-8-12-14)6-13-3-4-16-9(5-13)7-15/h8-9,15H,2-7H2,1H3. The Morgan fingerprint density at radius 3 is 3.25 bits per heavy atom. The first-order valence-electron chi connectivity index (χ1n) is 5.65. The molecule has 1 saturated heterocycles. The molecule has 16 heavy (non-hydrogen) atoms. The van der Waals surface area contributed by atoms with E-state index >= 15 is 0 Å². The van der Waals surface area contributed by atoms with Gasteiger partial charge in [-0.25, -0.2) is 9.67 Å². The van der Waals surface area contributed by atoms with Gasteiger partial charge in [0.2, 0.25) is 0 Å². The third kappa shape index (κ3) is 2.58. The molecule has 6 heteroatoms. The number of aromatic nitrogens is 3. The Labute approximate surface area is 94.8 Å². The zero-order valence-electron chi connectivity index (χ0n) is 9.54. The second-order valence-corrected chi connectivity index (χ2v) is 3.90. The minimum Gasteiger partial charge on any atom is -0.394 e. The molecule has 90 valence electrons. The van der Waals surface area contributed by atoms with E-state index in [0.717, 1.165) is 32.0 Å². The van der Waals surface area contributed by atoms with Gasteiger partial charge in [-0.3, -0.25) is 4.90 Å². The van der Waals surface area contributed by atoms with Crippen LogP contribution in [-0.2, 0) is 17.8 Å². The Morgan fingerprint density at radius 2 is 2.50 bits per heavy atom. The van der Waals surface area contributed by atoms with Gasteiger partial charge in [0.1, 0.15) is 12.2 Å². The lowest BCUT2D eigenvalue weighted by Crippen LogP contribution is -2.43. The number of aryl methyl sites for hydroxylation is 1. The maximum Gasteiger partial charge on any atom is 0.140 e. The molecule has 0 radical (unpaired) electrons. The molecule has 1 atom stereocenters. The van der Waals surface area contributed by atoms with Crippen LogP contribution < -0.4 is 0 Å². The van der Waals surface area contributed by atoms with Crippen molar-refractivity contribution in [2.75, 3.05) is 26.3 Å². The highest BCUT2D eigenvalue weighted by Crippen LogP contribution is 2.08. The summed E-state index contributed by atoms with van der Waals surface area (Å²) in [6, 6.07) is 0. The van der Waals surface area contributed by atoms with Crippen molar-refractivity contribution in [2.24, 2.45) is 0 Å². The van der Waals surface area contributed by atoms with E-state index in [0.29, 0.717) is 6.61 Å². The van der Waals surface area contributed by atoms with Gasteiger partial charge in [0.05, 0.1) is 25.9 Å². The SMILES string of the molecule is CCn1ncnc1CN1CCOC(CO)C1. The molecule has 0 aromatic carbocycles. The van der Waals surface area contributed by atoms with E-state index in [2.05, 4.69) is 15.0 Å². The van der Waals surface area contributed by atoms with Crippen LogP contribution in [0.3, 0.4) is 0 Å². The van der Waals surface area contributed by atoms with Gasteiger partial charge in [0.15, 0.2) is 0 Å². The maximum absolute atomic E-state index is 9.05. The smallest absolute Gasteiger partial charge is 0.140 e. The third-order valence-corrected chi connectivity index (χ3v) is 2.79. The van der Waals surface area contributed by atoms with Crippen LogP contribution in [0, 0.1) is 0 Å². The van der Waals surface area contributed by atoms with Gasteiger partial charge in [0.25, 0.3) is 0 Å². The molecular weight excluding hydrogens is 208 g/mol. The van der Waals surface area contributed by atoms with Gasteiger partial charge in [-0.05, 0) is 6.92 Å². The van der Waals surface area contributed by atoms with Crippen LogP contribution in [-0.4, -0.2) is 57.2 Å². The first-order chi connectivity index (χ1) is 7.83. The highest BCUT2D eigenvalue weighted by molar-refractivity contribution is 4.86. The normalized spacial score (nSPS) is 22.5. The highest BCUT2D eigenvalue weighted by atomic mass is 16.5. The summed E-state index contributed by atoms with van der Waals surface area (Å²) in [5.41, 5.74) is 0. The number of nitrogens with zero attached hydrogens (tertiary/aromatic N) is 4. The van der Waals surface area contributed by atoms with Crippen LogP contribution in [0.4, 0.5) is 0 Å². The van der Waals surface area contributed by atoms with Crippen LogP contribution in [0.2, 0.25) is 0 Å². The van der Waals surface area contributed by atoms with E-state index < -0.39 is 0 Å². The average molecular weight is 226 g/mol. The second kappa shape index (κ2) is 5.38. The molecule has 1 unspecified atom stereocenters. The van der Waals surface area contributed by atoms with Crippen molar-refractivity contribution in [3.63, 3.8) is 0 Å². The monoisotopic (exact) mass is 226 g/mol. The van der Waals surface area contributed by atoms with Crippen molar-refractivity contribution >= 4 is 0 Å². The van der Waals surface area contributed by atoms with E-state index in [-0.39, 0.29) is 12.7 Å². The molecule has 6 nitrogen and oxygen atoms in total. The number of hydrogen-bond acceptors (Lipinski definition) is 5. The van der Waals surface area contributed by atoms with Gasteiger partial charge >= 0.3 is 0 Å². The fourth-order valence-electron chi connectivity index (χ4n) is 1.91. The van der Waals surface area contributed by atoms with Crippen molar-refractivity contribution < 1.29 is 9.84 Å². The summed E-state index contributed by atoms with van der Waals surface area (Å²) in [6.07, 6.45) is 1.52. The molecule has 0 spiro atoms. The van der Waals surface area contributed by atoms with E-state index in [1.54, 1.807) is 6.33 Å². The summed E-state index contributed by atoms with van der Waals surface area (Å²) in [6.45, 7) is 6.05. The van der Waals surface area contributed by atoms with Crippen LogP contribution >= 0.6 is 0 Å². The average Bonchev–Trinajstić information content (AvgIpc) is 2.76. The van der Waals surface area contributed by atoms with Crippen LogP contribution in [0.25, 0.3) is 0 Å². The summed E-state index contributed by atoms with van der Waals surface area (Å²) in [7, 11) is 0. The molecule has 0 bridgehead atoms. The third-order valence-electron chi connectivity index (χ3n) is 2.79. The molecule has 0 aliphatic carbocycles. The first-order valence-corrected chi connectivity index (χ1v) is 5.65. The molecule has 1 aliphatic rings. The fraction of sp³-hybridized carbons (Fsp3) is 0.800. The van der Waals surface area contributed by atoms with Gasteiger partial charge in [-0.2, -0.15) is 5.10 Å². The van der Waals surface area contributed by atoms with Crippen LogP contribution in [0.15, 0.2) is 6.33 Å². The molecule has 1 aromatic rings. The molecule has 0 saturated carbocycles. The van der Waals surface area contributed by atoms with Crippen molar-refractivity contribution in [1.29, 1.82) is 0 Å². The summed E-state index contributed by atoms with van der Waals surface area (Å²) in [4.78, 5) is 6.48. The van der Waals surface area contributed by atoms with Crippen LogP contribution in [0.5, 0.6) is 0 Å². The largest absolute Gasteiger partial charge is 0.394 e. The second-order valence-electron chi connectivity index (χ2n) is 3.90. The Kier molecular flexibility index (Phi) is 3.87. The number of aliphatic hydroxyl groups excluding tert-OH is 1. The van der Waals surface area contributed by atoms with E-state index in [9.17, 15) is 0 Å². The van der Waals surface area contributed by atoms with E-state index in [4.69, 9.17) is 9.84 Å². The predicted molar refractivity (Wildman–Crippen MR) is 57.8 cm³/mol. The lowest BCUT2D eigenvalue weighted by molar-refractivity contribution is -0.0559. The Hall–Kier alpha value is -0.980. The highest BCUT2D eigenvalue weighted by Gasteiger charge is 2.20. The molecule has 2 heterocycles. The molecular formula is C10H18N4O2. The van der Waals surface area contributed by atoms with Gasteiger partial charge in [0, 0.05) is 19.6 Å². The number of rotatable bonds is 4. The molecule has 0 amide bonds. The topological polar surface area (TPSA) is 63.4 Å². The minimum atomic E-state index is -0.0632. The van der Waals surface area contributed by atoms with E-state index in [1.807, 2.05) is 11.6 Å². The van der Waals surface area contributed by atoms with Crippen molar-refractivity contribution in [1.82, 2.24) is 19.7 Å². The number of hydrogen-bond donors (Lipinski definition) is 1. The summed E-state index contributed by atoms with van der Waals surface area (Å²) in [5.74, 6) is 0.973. The quantitative estimate of drug-likeness (QED) is 0.749. The summed E-state index contributed by atoms with van der Waals surface area (Å²) in [5, 5.41) is 13.2. The first kappa shape index (κ1) is 11.5. The number of ether oxygens (including phenoxy) is 1. The Morgan fingerprint density at radius 1 is 1.62 bits per heavy atom. The van der Waals surface area contributed by atoms with Crippen molar-refractivity contribution in [3.8, 4) is 0 Å². The zero-order chi connectivity index (χ0) is 11.4. The predicted octanol–water partition coefficient (Wildman–Crippen LogP) is -0.509. The Bertz CT molecular complexity index is 328. The lowest BCUT2D eigenvalue weighted by atomic mass is 10.3. The molecule has 1 fully saturated rings. The number of morpholine rings is 1. The van der Waals surface area contributed by atoms with Gasteiger partial charge in [-0.1, -0.05) is 0 Å². The molecule has 1 aliphatic heterocycles. The van der Waals surface area contributed by atoms with Crippen LogP contribution in [0.1, 0.15) is 12.7 Å². The number of aliphatic hydroxyl groups is 1. The minimum absolute atomic E-state index is 0.0632. The summed E-state index contributed by atoms with van der Waals surface area (Å²) >= 11 is 0. The fourth-order valence-corrected chi connectivity index (χ4v) is 1.91. The van der Waals surface area contributed by atoms with Gasteiger partial charge < -0.3 is 9.84 Å². The van der Waals surface area contributed by atoms with Gasteiger partial charge in [-0.15, -0.1) is 0 Å². The Balaban J connectivity index is 1.93. The van der Waals surface area contributed by atoms with Crippen molar-refractivity contribution in [3.05, 3.63) is 12.2 Å². The zero-order valence-corrected chi connectivity index (χ0v) is 9.54. The maximum atomic E-state index is 9.05. The lowest BCUT2D eigenvalue weighted by Gasteiger charge is -2.31. The molecule has 1 aromatic heterocycles. The summed E-state index contributed by atoms with van der Waals surface area (Å²) < 4.78 is 7.29.